The molecule has 0 aliphatic carbocycles. The standard InChI is InChI=1S/C24H20F2N2O2/c1-4-22(30-5-2)16-10-9-15(3)18(13-16)21-12-11-17(14-27-21)28-24(29)23-19(25)7-6-8-20(23)26/h4-14H,2H2,1,3H3,(H,28,29)/b22-4-. The van der Waals surface area contributed by atoms with Crippen LogP contribution < -0.4 is 5.32 Å². The molecule has 3 aromatic rings. The summed E-state index contributed by atoms with van der Waals surface area (Å²) in [5, 5.41) is 2.47. The zero-order valence-electron chi connectivity index (χ0n) is 16.6. The number of aryl methyl sites for hydroxylation is 1. The summed E-state index contributed by atoms with van der Waals surface area (Å²) in [6, 6.07) is 12.5. The highest BCUT2D eigenvalue weighted by Crippen LogP contribution is 2.27. The largest absolute Gasteiger partial charge is 0.465 e. The number of carbonyl (C=O) groups excluding carboxylic acids is 1. The van der Waals surface area contributed by atoms with E-state index in [1.807, 2.05) is 38.1 Å². The van der Waals surface area contributed by atoms with Crippen molar-refractivity contribution >= 4 is 17.4 Å². The maximum absolute atomic E-state index is 13.8. The summed E-state index contributed by atoms with van der Waals surface area (Å²) in [4.78, 5) is 16.6. The molecular weight excluding hydrogens is 386 g/mol. The molecule has 3 rings (SSSR count). The minimum Gasteiger partial charge on any atom is -0.465 e. The van der Waals surface area contributed by atoms with E-state index in [1.54, 1.807) is 12.1 Å². The van der Waals surface area contributed by atoms with Crippen molar-refractivity contribution in [3.05, 3.63) is 102 Å². The Kier molecular flexibility index (Phi) is 6.37. The van der Waals surface area contributed by atoms with Crippen molar-refractivity contribution in [1.29, 1.82) is 0 Å². The quantitative estimate of drug-likeness (QED) is 0.503. The number of ether oxygens (including phenoxy) is 1. The second kappa shape index (κ2) is 9.13. The topological polar surface area (TPSA) is 51.2 Å². The summed E-state index contributed by atoms with van der Waals surface area (Å²) < 4.78 is 33.0. The second-order valence-electron chi connectivity index (χ2n) is 6.45. The number of benzene rings is 2. The van der Waals surface area contributed by atoms with Crippen LogP contribution in [0.4, 0.5) is 14.5 Å². The summed E-state index contributed by atoms with van der Waals surface area (Å²) in [7, 11) is 0. The number of aromatic nitrogens is 1. The molecule has 2 aromatic carbocycles. The van der Waals surface area contributed by atoms with Gasteiger partial charge < -0.3 is 10.1 Å². The van der Waals surface area contributed by atoms with Gasteiger partial charge in [-0.1, -0.05) is 24.8 Å². The number of amides is 1. The first-order chi connectivity index (χ1) is 14.4. The van der Waals surface area contributed by atoms with Gasteiger partial charge in [-0.05, 0) is 55.8 Å². The van der Waals surface area contributed by atoms with Gasteiger partial charge in [0.1, 0.15) is 23.0 Å². The summed E-state index contributed by atoms with van der Waals surface area (Å²) in [6.07, 6.45) is 4.64. The van der Waals surface area contributed by atoms with E-state index in [4.69, 9.17) is 4.74 Å². The average Bonchev–Trinajstić information content (AvgIpc) is 2.73. The molecule has 0 unspecified atom stereocenters. The van der Waals surface area contributed by atoms with E-state index in [2.05, 4.69) is 16.9 Å². The van der Waals surface area contributed by atoms with Crippen molar-refractivity contribution in [2.45, 2.75) is 13.8 Å². The second-order valence-corrected chi connectivity index (χ2v) is 6.45. The van der Waals surface area contributed by atoms with E-state index in [0.717, 1.165) is 28.8 Å². The molecule has 0 aliphatic heterocycles. The van der Waals surface area contributed by atoms with Crippen LogP contribution in [0.3, 0.4) is 0 Å². The van der Waals surface area contributed by atoms with Crippen LogP contribution in [0, 0.1) is 18.6 Å². The first kappa shape index (κ1) is 20.9. The fraction of sp³-hybridized carbons (Fsp3) is 0.0833. The monoisotopic (exact) mass is 406 g/mol. The highest BCUT2D eigenvalue weighted by Gasteiger charge is 2.17. The molecule has 4 nitrogen and oxygen atoms in total. The third-order valence-corrected chi connectivity index (χ3v) is 4.48. The van der Waals surface area contributed by atoms with Gasteiger partial charge in [-0.2, -0.15) is 0 Å². The number of nitrogens with zero attached hydrogens (tertiary/aromatic N) is 1. The number of carbonyl (C=O) groups is 1. The molecule has 0 radical (unpaired) electrons. The van der Waals surface area contributed by atoms with E-state index >= 15 is 0 Å². The lowest BCUT2D eigenvalue weighted by molar-refractivity contribution is 0.101. The molecule has 1 N–H and O–H groups in total. The minimum atomic E-state index is -0.925. The normalized spacial score (nSPS) is 11.1. The lowest BCUT2D eigenvalue weighted by atomic mass is 10.0. The van der Waals surface area contributed by atoms with Gasteiger partial charge in [0.25, 0.3) is 5.91 Å². The molecule has 0 atom stereocenters. The zero-order valence-corrected chi connectivity index (χ0v) is 16.6. The number of hydrogen-bond donors (Lipinski definition) is 1. The lowest BCUT2D eigenvalue weighted by Gasteiger charge is -2.12. The Morgan fingerprint density at radius 1 is 1.13 bits per heavy atom. The van der Waals surface area contributed by atoms with Crippen molar-refractivity contribution in [3.63, 3.8) is 0 Å². The number of nitrogens with one attached hydrogen (secondary N) is 1. The van der Waals surface area contributed by atoms with E-state index in [9.17, 15) is 13.6 Å². The Labute approximate surface area is 173 Å². The van der Waals surface area contributed by atoms with Crippen LogP contribution in [0.2, 0.25) is 0 Å². The number of hydrogen-bond acceptors (Lipinski definition) is 3. The summed E-state index contributed by atoms with van der Waals surface area (Å²) in [5.41, 5.74) is 3.13. The molecule has 1 amide bonds. The van der Waals surface area contributed by atoms with Crippen LogP contribution in [-0.4, -0.2) is 10.9 Å². The predicted molar refractivity (Wildman–Crippen MR) is 114 cm³/mol. The first-order valence-electron chi connectivity index (χ1n) is 9.21. The highest BCUT2D eigenvalue weighted by atomic mass is 19.1. The van der Waals surface area contributed by atoms with Gasteiger partial charge in [-0.25, -0.2) is 8.78 Å². The van der Waals surface area contributed by atoms with Gasteiger partial charge >= 0.3 is 0 Å². The maximum atomic E-state index is 13.8. The van der Waals surface area contributed by atoms with Gasteiger partial charge in [0, 0.05) is 11.1 Å². The Morgan fingerprint density at radius 3 is 2.47 bits per heavy atom. The Hall–Kier alpha value is -3.80. The Bertz CT molecular complexity index is 1100. The predicted octanol–water partition coefficient (Wildman–Crippen LogP) is 6.11. The van der Waals surface area contributed by atoms with Crippen LogP contribution in [0.5, 0.6) is 0 Å². The van der Waals surface area contributed by atoms with Crippen molar-refractivity contribution < 1.29 is 18.3 Å². The fourth-order valence-electron chi connectivity index (χ4n) is 2.98. The molecule has 1 aromatic heterocycles. The zero-order chi connectivity index (χ0) is 21.7. The molecule has 0 bridgehead atoms. The van der Waals surface area contributed by atoms with Gasteiger partial charge in [0.2, 0.25) is 0 Å². The molecule has 1 heterocycles. The van der Waals surface area contributed by atoms with Crippen molar-refractivity contribution in [1.82, 2.24) is 4.98 Å². The number of pyridine rings is 1. The molecule has 0 spiro atoms. The van der Waals surface area contributed by atoms with E-state index in [-0.39, 0.29) is 0 Å². The van der Waals surface area contributed by atoms with Gasteiger partial charge in [-0.15, -0.1) is 0 Å². The highest BCUT2D eigenvalue weighted by molar-refractivity contribution is 6.04. The molecular formula is C24H20F2N2O2. The fourth-order valence-corrected chi connectivity index (χ4v) is 2.98. The number of anilines is 1. The Morgan fingerprint density at radius 2 is 1.87 bits per heavy atom. The van der Waals surface area contributed by atoms with Crippen molar-refractivity contribution in [2.24, 2.45) is 0 Å². The summed E-state index contributed by atoms with van der Waals surface area (Å²) in [6.45, 7) is 7.41. The van der Waals surface area contributed by atoms with Crippen LogP contribution in [-0.2, 0) is 4.74 Å². The molecule has 152 valence electrons. The third-order valence-electron chi connectivity index (χ3n) is 4.48. The SMILES string of the molecule is C=CO/C(=C\C)c1ccc(C)c(-c2ccc(NC(=O)c3c(F)cccc3F)cn2)c1. The average molecular weight is 406 g/mol. The minimum absolute atomic E-state index is 0.323. The van der Waals surface area contributed by atoms with Crippen LogP contribution in [0.15, 0.2) is 73.6 Å². The first-order valence-corrected chi connectivity index (χ1v) is 9.21. The van der Waals surface area contributed by atoms with Crippen LogP contribution in [0.25, 0.3) is 17.0 Å². The molecule has 0 saturated carbocycles. The number of halogens is 2. The van der Waals surface area contributed by atoms with Crippen molar-refractivity contribution in [2.75, 3.05) is 5.32 Å². The lowest BCUT2D eigenvalue weighted by Crippen LogP contribution is -2.15. The Balaban J connectivity index is 1.86. The molecule has 6 heteroatoms. The number of rotatable bonds is 6. The summed E-state index contributed by atoms with van der Waals surface area (Å²) >= 11 is 0. The van der Waals surface area contributed by atoms with E-state index in [1.165, 1.54) is 18.5 Å². The molecule has 30 heavy (non-hydrogen) atoms. The van der Waals surface area contributed by atoms with Gasteiger partial charge in [0.15, 0.2) is 0 Å². The third kappa shape index (κ3) is 4.43. The summed E-state index contributed by atoms with van der Waals surface area (Å²) in [5.74, 6) is -2.06. The molecule has 0 fully saturated rings. The van der Waals surface area contributed by atoms with Crippen molar-refractivity contribution in [3.8, 4) is 11.3 Å². The van der Waals surface area contributed by atoms with E-state index < -0.39 is 23.1 Å². The van der Waals surface area contributed by atoms with Crippen LogP contribution in [0.1, 0.15) is 28.4 Å². The van der Waals surface area contributed by atoms with E-state index in [0.29, 0.717) is 17.1 Å². The molecule has 0 saturated heterocycles. The van der Waals surface area contributed by atoms with Gasteiger partial charge in [-0.3, -0.25) is 9.78 Å². The smallest absolute Gasteiger partial charge is 0.261 e. The van der Waals surface area contributed by atoms with Crippen LogP contribution >= 0.6 is 0 Å². The molecule has 0 aliphatic rings. The maximum Gasteiger partial charge on any atom is 0.261 e. The number of allylic oxidation sites excluding steroid dienone is 1. The van der Waals surface area contributed by atoms with Gasteiger partial charge in [0.05, 0.1) is 23.8 Å².